The van der Waals surface area contributed by atoms with Gasteiger partial charge in [0.05, 0.1) is 6.54 Å². The zero-order chi connectivity index (χ0) is 12.0. The van der Waals surface area contributed by atoms with Gasteiger partial charge in [0.25, 0.3) is 0 Å². The van der Waals surface area contributed by atoms with E-state index in [0.717, 1.165) is 38.9 Å². The molecule has 1 aliphatic heterocycles. The molecule has 0 aromatic carbocycles. The molecule has 16 heavy (non-hydrogen) atoms. The van der Waals surface area contributed by atoms with Crippen molar-refractivity contribution in [3.63, 3.8) is 0 Å². The van der Waals surface area contributed by atoms with E-state index < -0.39 is 0 Å². The van der Waals surface area contributed by atoms with Crippen LogP contribution < -0.4 is 11.1 Å². The van der Waals surface area contributed by atoms with Gasteiger partial charge >= 0.3 is 0 Å². The zero-order valence-electron chi connectivity index (χ0n) is 10.5. The van der Waals surface area contributed by atoms with Crippen LogP contribution in [0, 0.1) is 5.92 Å². The number of piperidine rings is 1. The lowest BCUT2D eigenvalue weighted by Gasteiger charge is -2.29. The first-order valence-electron chi connectivity index (χ1n) is 6.32. The standard InChI is InChI=1S/C12H25N3O/c1-10(2)5-6-14-12(16)9-15-7-3-4-11(13)8-15/h10-11H,3-9,13H2,1-2H3,(H,14,16)/t11-/m1/s1. The zero-order valence-corrected chi connectivity index (χ0v) is 10.5. The van der Waals surface area contributed by atoms with Crippen LogP contribution in [0.25, 0.3) is 0 Å². The van der Waals surface area contributed by atoms with Gasteiger partial charge in [-0.3, -0.25) is 9.69 Å². The van der Waals surface area contributed by atoms with Gasteiger partial charge in [0.2, 0.25) is 5.91 Å². The minimum absolute atomic E-state index is 0.134. The van der Waals surface area contributed by atoms with E-state index in [1.54, 1.807) is 0 Å². The van der Waals surface area contributed by atoms with Crippen LogP contribution in [0.2, 0.25) is 0 Å². The van der Waals surface area contributed by atoms with E-state index in [2.05, 4.69) is 24.1 Å². The molecule has 1 aliphatic rings. The van der Waals surface area contributed by atoms with Gasteiger partial charge in [-0.25, -0.2) is 0 Å². The molecule has 0 spiro atoms. The Morgan fingerprint density at radius 3 is 2.94 bits per heavy atom. The highest BCUT2D eigenvalue weighted by atomic mass is 16.2. The highest BCUT2D eigenvalue weighted by Gasteiger charge is 2.18. The topological polar surface area (TPSA) is 58.4 Å². The Kier molecular flexibility index (Phi) is 5.77. The minimum atomic E-state index is 0.134. The lowest BCUT2D eigenvalue weighted by atomic mass is 10.1. The number of likely N-dealkylation sites (tertiary alicyclic amines) is 1. The molecule has 0 bridgehead atoms. The number of carbonyl (C=O) groups excluding carboxylic acids is 1. The second-order valence-corrected chi connectivity index (χ2v) is 5.17. The Balaban J connectivity index is 2.13. The molecule has 1 fully saturated rings. The number of nitrogens with one attached hydrogen (secondary N) is 1. The molecular formula is C12H25N3O. The maximum absolute atomic E-state index is 11.6. The van der Waals surface area contributed by atoms with E-state index in [-0.39, 0.29) is 11.9 Å². The van der Waals surface area contributed by atoms with Gasteiger partial charge in [-0.05, 0) is 31.7 Å². The fourth-order valence-corrected chi connectivity index (χ4v) is 1.99. The normalized spacial score (nSPS) is 22.4. The number of rotatable bonds is 5. The molecule has 1 amide bonds. The second kappa shape index (κ2) is 6.86. The molecule has 4 nitrogen and oxygen atoms in total. The lowest BCUT2D eigenvalue weighted by Crippen LogP contribution is -2.47. The van der Waals surface area contributed by atoms with Gasteiger partial charge in [-0.15, -0.1) is 0 Å². The Morgan fingerprint density at radius 1 is 1.56 bits per heavy atom. The van der Waals surface area contributed by atoms with Gasteiger partial charge in [-0.2, -0.15) is 0 Å². The number of amides is 1. The molecule has 1 atom stereocenters. The van der Waals surface area contributed by atoms with Gasteiger partial charge < -0.3 is 11.1 Å². The molecule has 0 unspecified atom stereocenters. The summed E-state index contributed by atoms with van der Waals surface area (Å²) in [5.41, 5.74) is 5.87. The van der Waals surface area contributed by atoms with Gasteiger partial charge in [0.15, 0.2) is 0 Å². The third kappa shape index (κ3) is 5.47. The van der Waals surface area contributed by atoms with Crippen molar-refractivity contribution in [2.24, 2.45) is 11.7 Å². The SMILES string of the molecule is CC(C)CCNC(=O)CN1CCC[C@@H](N)C1. The fourth-order valence-electron chi connectivity index (χ4n) is 1.99. The molecule has 1 heterocycles. The number of nitrogens with two attached hydrogens (primary N) is 1. The predicted molar refractivity (Wildman–Crippen MR) is 66.1 cm³/mol. The Morgan fingerprint density at radius 2 is 2.31 bits per heavy atom. The summed E-state index contributed by atoms with van der Waals surface area (Å²) in [6, 6.07) is 0.247. The molecule has 4 heteroatoms. The van der Waals surface area contributed by atoms with E-state index >= 15 is 0 Å². The Hall–Kier alpha value is -0.610. The summed E-state index contributed by atoms with van der Waals surface area (Å²) in [6.07, 6.45) is 3.25. The fraction of sp³-hybridized carbons (Fsp3) is 0.917. The predicted octanol–water partition coefficient (Wildman–Crippen LogP) is 0.572. The summed E-state index contributed by atoms with van der Waals surface area (Å²) in [6.45, 7) is 7.48. The van der Waals surface area contributed by atoms with Crippen LogP contribution >= 0.6 is 0 Å². The third-order valence-electron chi connectivity index (χ3n) is 2.95. The van der Waals surface area contributed by atoms with E-state index in [4.69, 9.17) is 5.73 Å². The highest BCUT2D eigenvalue weighted by Crippen LogP contribution is 2.07. The van der Waals surface area contributed by atoms with Gasteiger partial charge in [0.1, 0.15) is 0 Å². The van der Waals surface area contributed by atoms with E-state index in [1.165, 1.54) is 0 Å². The quantitative estimate of drug-likeness (QED) is 0.722. The molecule has 0 aromatic rings. The third-order valence-corrected chi connectivity index (χ3v) is 2.95. The Bertz CT molecular complexity index is 218. The molecular weight excluding hydrogens is 202 g/mol. The molecule has 1 rings (SSSR count). The van der Waals surface area contributed by atoms with Crippen molar-refractivity contribution < 1.29 is 4.79 Å². The molecule has 0 saturated carbocycles. The first-order valence-corrected chi connectivity index (χ1v) is 6.32. The number of hydrogen-bond donors (Lipinski definition) is 2. The summed E-state index contributed by atoms with van der Waals surface area (Å²) < 4.78 is 0. The molecule has 94 valence electrons. The maximum Gasteiger partial charge on any atom is 0.234 e. The first-order chi connectivity index (χ1) is 7.58. The molecule has 0 aliphatic carbocycles. The summed E-state index contributed by atoms with van der Waals surface area (Å²) in [5.74, 6) is 0.776. The molecule has 0 radical (unpaired) electrons. The second-order valence-electron chi connectivity index (χ2n) is 5.17. The van der Waals surface area contributed by atoms with E-state index in [9.17, 15) is 4.79 Å². The number of nitrogens with zero attached hydrogens (tertiary/aromatic N) is 1. The van der Waals surface area contributed by atoms with Crippen molar-refractivity contribution in [3.05, 3.63) is 0 Å². The van der Waals surface area contributed by atoms with Crippen molar-refractivity contribution in [1.82, 2.24) is 10.2 Å². The van der Waals surface area contributed by atoms with Crippen LogP contribution in [0.4, 0.5) is 0 Å². The van der Waals surface area contributed by atoms with Crippen LogP contribution in [0.1, 0.15) is 33.1 Å². The Labute approximate surface area is 98.6 Å². The van der Waals surface area contributed by atoms with Crippen molar-refractivity contribution >= 4 is 5.91 Å². The average Bonchev–Trinajstić information content (AvgIpc) is 2.16. The van der Waals surface area contributed by atoms with Crippen molar-refractivity contribution in [2.75, 3.05) is 26.2 Å². The van der Waals surface area contributed by atoms with Crippen LogP contribution in [-0.2, 0) is 4.79 Å². The van der Waals surface area contributed by atoms with Crippen molar-refractivity contribution in [3.8, 4) is 0 Å². The first kappa shape index (κ1) is 13.5. The summed E-state index contributed by atoms with van der Waals surface area (Å²) in [7, 11) is 0. The van der Waals surface area contributed by atoms with Crippen LogP contribution in [0.3, 0.4) is 0 Å². The van der Waals surface area contributed by atoms with Crippen molar-refractivity contribution in [1.29, 1.82) is 0 Å². The number of carbonyl (C=O) groups is 1. The molecule has 3 N–H and O–H groups in total. The van der Waals surface area contributed by atoms with Crippen molar-refractivity contribution in [2.45, 2.75) is 39.2 Å². The smallest absolute Gasteiger partial charge is 0.234 e. The van der Waals surface area contributed by atoms with Crippen LogP contribution in [0.5, 0.6) is 0 Å². The monoisotopic (exact) mass is 227 g/mol. The number of hydrogen-bond acceptors (Lipinski definition) is 3. The van der Waals surface area contributed by atoms with Crippen LogP contribution in [0.15, 0.2) is 0 Å². The van der Waals surface area contributed by atoms with E-state index in [1.807, 2.05) is 0 Å². The largest absolute Gasteiger partial charge is 0.355 e. The molecule has 0 aromatic heterocycles. The highest BCUT2D eigenvalue weighted by molar-refractivity contribution is 5.77. The van der Waals surface area contributed by atoms with E-state index in [0.29, 0.717) is 12.5 Å². The minimum Gasteiger partial charge on any atom is -0.355 e. The molecule has 1 saturated heterocycles. The van der Waals surface area contributed by atoms with Gasteiger partial charge in [-0.1, -0.05) is 13.8 Å². The van der Waals surface area contributed by atoms with Gasteiger partial charge in [0, 0.05) is 19.1 Å². The maximum atomic E-state index is 11.6. The lowest BCUT2D eigenvalue weighted by molar-refractivity contribution is -0.122. The summed E-state index contributed by atoms with van der Waals surface area (Å²) >= 11 is 0. The summed E-state index contributed by atoms with van der Waals surface area (Å²) in [5, 5.41) is 2.95. The summed E-state index contributed by atoms with van der Waals surface area (Å²) in [4.78, 5) is 13.8. The van der Waals surface area contributed by atoms with Crippen LogP contribution in [-0.4, -0.2) is 43.0 Å². The average molecular weight is 227 g/mol.